The lowest BCUT2D eigenvalue weighted by atomic mass is 9.96. The molecule has 25 heavy (non-hydrogen) atoms. The Bertz CT molecular complexity index is 713. The van der Waals surface area contributed by atoms with Crippen LogP contribution in [0.25, 0.3) is 0 Å². The summed E-state index contributed by atoms with van der Waals surface area (Å²) >= 11 is 0. The van der Waals surface area contributed by atoms with Gasteiger partial charge in [0.25, 0.3) is 0 Å². The van der Waals surface area contributed by atoms with Crippen molar-refractivity contribution in [1.29, 1.82) is 0 Å². The highest BCUT2D eigenvalue weighted by molar-refractivity contribution is 5.32. The highest BCUT2D eigenvalue weighted by Crippen LogP contribution is 2.29. The second kappa shape index (κ2) is 8.77. The Kier molecular flexibility index (Phi) is 6.19. The molecule has 0 unspecified atom stereocenters. The van der Waals surface area contributed by atoms with E-state index >= 15 is 0 Å². The maximum absolute atomic E-state index is 13.3. The Morgan fingerprint density at radius 3 is 2.16 bits per heavy atom. The zero-order valence-corrected chi connectivity index (χ0v) is 14.2. The molecule has 4 heteroatoms. The summed E-state index contributed by atoms with van der Waals surface area (Å²) < 4.78 is 13.3. The molecular formula is C21H23FN2O. The number of hydrogen-bond donors (Lipinski definition) is 1. The fourth-order valence-corrected chi connectivity index (χ4v) is 3.30. The highest BCUT2D eigenvalue weighted by atomic mass is 19.1. The predicted octanol–water partition coefficient (Wildman–Crippen LogP) is 2.53. The van der Waals surface area contributed by atoms with Crippen LogP contribution in [0.2, 0.25) is 0 Å². The number of nitrogens with zero attached hydrogens (tertiary/aromatic N) is 2. The van der Waals surface area contributed by atoms with Crippen LogP contribution in [-0.2, 0) is 0 Å². The van der Waals surface area contributed by atoms with Crippen LogP contribution in [-0.4, -0.2) is 54.2 Å². The van der Waals surface area contributed by atoms with E-state index in [4.69, 9.17) is 5.11 Å². The van der Waals surface area contributed by atoms with Gasteiger partial charge in [0.05, 0.1) is 12.6 Å². The Hall–Kier alpha value is -2.19. The molecular weight excluding hydrogens is 315 g/mol. The average molecular weight is 338 g/mol. The lowest BCUT2D eigenvalue weighted by molar-refractivity contribution is 0.119. The highest BCUT2D eigenvalue weighted by Gasteiger charge is 2.26. The van der Waals surface area contributed by atoms with E-state index in [1.54, 1.807) is 0 Å². The first-order valence-electron chi connectivity index (χ1n) is 8.61. The molecule has 0 bridgehead atoms. The standard InChI is InChI=1S/C21H23FN2O/c22-20-10-8-19(9-11-20)21(18-6-2-1-3-7-18)24-15-13-23(14-16-24)12-4-5-17-25/h1-3,6-11,21,25H,12-17H2/t21-/m0/s1. The fraction of sp³-hybridized carbons (Fsp3) is 0.333. The molecule has 1 saturated heterocycles. The largest absolute Gasteiger partial charge is 0.384 e. The van der Waals surface area contributed by atoms with Crippen molar-refractivity contribution < 1.29 is 9.50 Å². The summed E-state index contributed by atoms with van der Waals surface area (Å²) in [5.41, 5.74) is 2.34. The maximum atomic E-state index is 13.3. The Morgan fingerprint density at radius 1 is 0.880 bits per heavy atom. The summed E-state index contributed by atoms with van der Waals surface area (Å²) in [6, 6.07) is 17.3. The van der Waals surface area contributed by atoms with Crippen molar-refractivity contribution >= 4 is 0 Å². The molecule has 1 N–H and O–H groups in total. The minimum absolute atomic E-state index is 0.0827. The van der Waals surface area contributed by atoms with E-state index in [1.165, 1.54) is 17.7 Å². The molecule has 2 aromatic carbocycles. The van der Waals surface area contributed by atoms with Crippen molar-refractivity contribution in [3.8, 4) is 11.8 Å². The van der Waals surface area contributed by atoms with Crippen LogP contribution in [0.3, 0.4) is 0 Å². The smallest absolute Gasteiger partial charge is 0.123 e. The first-order valence-corrected chi connectivity index (χ1v) is 8.61. The molecule has 1 atom stereocenters. The number of benzene rings is 2. The molecule has 0 aliphatic carbocycles. The summed E-state index contributed by atoms with van der Waals surface area (Å²) in [7, 11) is 0. The monoisotopic (exact) mass is 338 g/mol. The van der Waals surface area contributed by atoms with E-state index in [9.17, 15) is 4.39 Å². The number of halogens is 1. The van der Waals surface area contributed by atoms with Crippen molar-refractivity contribution in [2.75, 3.05) is 39.3 Å². The van der Waals surface area contributed by atoms with Crippen molar-refractivity contribution in [3.63, 3.8) is 0 Å². The van der Waals surface area contributed by atoms with Gasteiger partial charge in [0.1, 0.15) is 12.4 Å². The fourth-order valence-electron chi connectivity index (χ4n) is 3.30. The van der Waals surface area contributed by atoms with Gasteiger partial charge in [-0.3, -0.25) is 9.80 Å². The predicted molar refractivity (Wildman–Crippen MR) is 97.6 cm³/mol. The van der Waals surface area contributed by atoms with Gasteiger partial charge in [0, 0.05) is 26.2 Å². The molecule has 1 heterocycles. The van der Waals surface area contributed by atoms with Gasteiger partial charge in [-0.1, -0.05) is 54.3 Å². The van der Waals surface area contributed by atoms with Crippen molar-refractivity contribution in [3.05, 3.63) is 71.5 Å². The van der Waals surface area contributed by atoms with Gasteiger partial charge >= 0.3 is 0 Å². The van der Waals surface area contributed by atoms with E-state index in [0.717, 1.165) is 31.7 Å². The first-order chi connectivity index (χ1) is 12.3. The Labute approximate surface area is 148 Å². The second-order valence-corrected chi connectivity index (χ2v) is 6.19. The summed E-state index contributed by atoms with van der Waals surface area (Å²) in [5.74, 6) is 5.48. The van der Waals surface area contributed by atoms with E-state index in [1.807, 2.05) is 30.3 Å². The van der Waals surface area contributed by atoms with Crippen molar-refractivity contribution in [2.24, 2.45) is 0 Å². The summed E-state index contributed by atoms with van der Waals surface area (Å²) in [4.78, 5) is 4.74. The third-order valence-corrected chi connectivity index (χ3v) is 4.58. The van der Waals surface area contributed by atoms with Crippen LogP contribution in [0.4, 0.5) is 4.39 Å². The van der Waals surface area contributed by atoms with Gasteiger partial charge in [-0.15, -0.1) is 0 Å². The molecule has 0 saturated carbocycles. The molecule has 1 fully saturated rings. The average Bonchev–Trinajstić information content (AvgIpc) is 2.66. The molecule has 0 amide bonds. The van der Waals surface area contributed by atoms with E-state index < -0.39 is 0 Å². The topological polar surface area (TPSA) is 26.7 Å². The van der Waals surface area contributed by atoms with Crippen LogP contribution in [0.15, 0.2) is 54.6 Å². The van der Waals surface area contributed by atoms with E-state index in [-0.39, 0.29) is 18.5 Å². The molecule has 1 aliphatic heterocycles. The van der Waals surface area contributed by atoms with Crippen LogP contribution in [0, 0.1) is 17.7 Å². The number of rotatable bonds is 4. The van der Waals surface area contributed by atoms with Gasteiger partial charge < -0.3 is 5.11 Å². The van der Waals surface area contributed by atoms with Gasteiger partial charge in [0.15, 0.2) is 0 Å². The van der Waals surface area contributed by atoms with Crippen LogP contribution < -0.4 is 0 Å². The zero-order chi connectivity index (χ0) is 17.5. The molecule has 3 rings (SSSR count). The number of piperazine rings is 1. The molecule has 0 aromatic heterocycles. The quantitative estimate of drug-likeness (QED) is 0.868. The molecule has 2 aromatic rings. The van der Waals surface area contributed by atoms with Crippen LogP contribution in [0.1, 0.15) is 17.2 Å². The molecule has 0 radical (unpaired) electrons. The lowest BCUT2D eigenvalue weighted by Gasteiger charge is -2.39. The van der Waals surface area contributed by atoms with Crippen LogP contribution in [0.5, 0.6) is 0 Å². The number of aliphatic hydroxyl groups is 1. The summed E-state index contributed by atoms with van der Waals surface area (Å²) in [6.45, 7) is 4.34. The number of hydrogen-bond acceptors (Lipinski definition) is 3. The Morgan fingerprint density at radius 2 is 1.52 bits per heavy atom. The third kappa shape index (κ3) is 4.67. The van der Waals surface area contributed by atoms with E-state index in [2.05, 4.69) is 33.8 Å². The Balaban J connectivity index is 1.76. The molecule has 3 nitrogen and oxygen atoms in total. The minimum atomic E-state index is -0.206. The molecule has 1 aliphatic rings. The van der Waals surface area contributed by atoms with Crippen molar-refractivity contribution in [1.82, 2.24) is 9.80 Å². The number of aliphatic hydroxyl groups excluding tert-OH is 1. The SMILES string of the molecule is OCC#CCN1CCN([C@@H](c2ccccc2)c2ccc(F)cc2)CC1. The van der Waals surface area contributed by atoms with E-state index in [0.29, 0.717) is 6.54 Å². The van der Waals surface area contributed by atoms with Crippen LogP contribution >= 0.6 is 0 Å². The zero-order valence-electron chi connectivity index (χ0n) is 14.2. The third-order valence-electron chi connectivity index (χ3n) is 4.58. The second-order valence-electron chi connectivity index (χ2n) is 6.19. The molecule has 130 valence electrons. The van der Waals surface area contributed by atoms with Gasteiger partial charge in [-0.05, 0) is 23.3 Å². The molecule has 0 spiro atoms. The van der Waals surface area contributed by atoms with Crippen molar-refractivity contribution in [2.45, 2.75) is 6.04 Å². The lowest BCUT2D eigenvalue weighted by Crippen LogP contribution is -2.47. The van der Waals surface area contributed by atoms with Gasteiger partial charge in [0.2, 0.25) is 0 Å². The van der Waals surface area contributed by atoms with Gasteiger partial charge in [-0.25, -0.2) is 4.39 Å². The summed E-state index contributed by atoms with van der Waals surface area (Å²) in [5, 5.41) is 8.76. The normalized spacial score (nSPS) is 16.9. The summed E-state index contributed by atoms with van der Waals surface area (Å²) in [6.07, 6.45) is 0. The minimum Gasteiger partial charge on any atom is -0.384 e. The first kappa shape index (κ1) is 17.6. The van der Waals surface area contributed by atoms with Gasteiger partial charge in [-0.2, -0.15) is 0 Å². The maximum Gasteiger partial charge on any atom is 0.123 e.